The van der Waals surface area contributed by atoms with Crippen molar-refractivity contribution in [2.45, 2.75) is 31.8 Å². The van der Waals surface area contributed by atoms with Crippen molar-refractivity contribution < 1.29 is 9.13 Å². The average molecular weight is 237 g/mol. The summed E-state index contributed by atoms with van der Waals surface area (Å²) in [7, 11) is 0. The summed E-state index contributed by atoms with van der Waals surface area (Å²) in [6, 6.07) is 6.70. The van der Waals surface area contributed by atoms with Gasteiger partial charge in [0.25, 0.3) is 0 Å². The molecule has 0 aliphatic carbocycles. The summed E-state index contributed by atoms with van der Waals surface area (Å²) in [4.78, 5) is 0. The van der Waals surface area contributed by atoms with Crippen LogP contribution in [0.2, 0.25) is 0 Å². The number of halogens is 1. The van der Waals surface area contributed by atoms with Crippen molar-refractivity contribution in [3.63, 3.8) is 0 Å². The highest BCUT2D eigenvalue weighted by molar-refractivity contribution is 5.16. The third-order valence-electron chi connectivity index (χ3n) is 3.39. The Bertz CT molecular complexity index is 333. The van der Waals surface area contributed by atoms with Crippen LogP contribution in [0.5, 0.6) is 0 Å². The number of rotatable bonds is 5. The van der Waals surface area contributed by atoms with Gasteiger partial charge in [0.2, 0.25) is 0 Å². The molecule has 1 fully saturated rings. The second kappa shape index (κ2) is 6.12. The summed E-state index contributed by atoms with van der Waals surface area (Å²) < 4.78 is 18.4. The molecule has 0 saturated carbocycles. The van der Waals surface area contributed by atoms with E-state index in [-0.39, 0.29) is 5.82 Å². The van der Waals surface area contributed by atoms with Crippen molar-refractivity contribution in [1.29, 1.82) is 0 Å². The van der Waals surface area contributed by atoms with Crippen LogP contribution in [-0.2, 0) is 11.2 Å². The monoisotopic (exact) mass is 237 g/mol. The van der Waals surface area contributed by atoms with E-state index in [9.17, 15) is 4.39 Å². The molecule has 0 aromatic heterocycles. The van der Waals surface area contributed by atoms with Crippen LogP contribution in [0.4, 0.5) is 4.39 Å². The summed E-state index contributed by atoms with van der Waals surface area (Å²) in [5.74, 6) is 0.251. The van der Waals surface area contributed by atoms with Crippen molar-refractivity contribution in [3.05, 3.63) is 35.6 Å². The van der Waals surface area contributed by atoms with E-state index in [2.05, 4.69) is 0 Å². The minimum Gasteiger partial charge on any atom is -0.378 e. The quantitative estimate of drug-likeness (QED) is 0.854. The van der Waals surface area contributed by atoms with E-state index in [0.29, 0.717) is 18.6 Å². The Morgan fingerprint density at radius 1 is 1.35 bits per heavy atom. The lowest BCUT2D eigenvalue weighted by Gasteiger charge is -2.18. The molecule has 1 aliphatic rings. The van der Waals surface area contributed by atoms with Crippen molar-refractivity contribution in [2.75, 3.05) is 13.2 Å². The van der Waals surface area contributed by atoms with Gasteiger partial charge in [0.1, 0.15) is 5.82 Å². The van der Waals surface area contributed by atoms with Gasteiger partial charge in [-0.25, -0.2) is 4.39 Å². The zero-order chi connectivity index (χ0) is 12.1. The van der Waals surface area contributed by atoms with Crippen molar-refractivity contribution in [3.8, 4) is 0 Å². The van der Waals surface area contributed by atoms with E-state index in [0.717, 1.165) is 31.4 Å². The van der Waals surface area contributed by atoms with Gasteiger partial charge in [-0.3, -0.25) is 0 Å². The lowest BCUT2D eigenvalue weighted by Crippen LogP contribution is -2.22. The van der Waals surface area contributed by atoms with E-state index in [1.807, 2.05) is 12.1 Å². The van der Waals surface area contributed by atoms with Gasteiger partial charge in [0.05, 0.1) is 6.10 Å². The summed E-state index contributed by atoms with van der Waals surface area (Å²) in [6.45, 7) is 1.55. The average Bonchev–Trinajstić information content (AvgIpc) is 2.84. The van der Waals surface area contributed by atoms with E-state index in [1.165, 1.54) is 18.6 Å². The Labute approximate surface area is 102 Å². The number of hydrogen-bond donors (Lipinski definition) is 1. The molecule has 0 spiro atoms. The number of nitrogens with two attached hydrogens (primary N) is 1. The third kappa shape index (κ3) is 3.79. The molecular formula is C14H20FNO. The van der Waals surface area contributed by atoms with E-state index in [1.54, 1.807) is 0 Å². The van der Waals surface area contributed by atoms with Crippen LogP contribution >= 0.6 is 0 Å². The molecule has 2 nitrogen and oxygen atoms in total. The molecule has 0 amide bonds. The Morgan fingerprint density at radius 2 is 2.12 bits per heavy atom. The van der Waals surface area contributed by atoms with Crippen molar-refractivity contribution in [1.82, 2.24) is 0 Å². The predicted molar refractivity (Wildman–Crippen MR) is 66.2 cm³/mol. The van der Waals surface area contributed by atoms with Crippen LogP contribution in [0.15, 0.2) is 24.3 Å². The first kappa shape index (κ1) is 12.5. The van der Waals surface area contributed by atoms with Crippen LogP contribution in [0.3, 0.4) is 0 Å². The summed E-state index contributed by atoms with van der Waals surface area (Å²) in [6.07, 6.45) is 4.63. The molecule has 1 aromatic carbocycles. The number of hydrogen-bond acceptors (Lipinski definition) is 2. The molecule has 1 saturated heterocycles. The molecule has 17 heavy (non-hydrogen) atoms. The van der Waals surface area contributed by atoms with Gasteiger partial charge >= 0.3 is 0 Å². The second-order valence-electron chi connectivity index (χ2n) is 4.80. The molecule has 3 heteroatoms. The highest BCUT2D eigenvalue weighted by Crippen LogP contribution is 2.22. The largest absolute Gasteiger partial charge is 0.378 e. The topological polar surface area (TPSA) is 35.2 Å². The molecule has 2 atom stereocenters. The van der Waals surface area contributed by atoms with E-state index >= 15 is 0 Å². The number of benzene rings is 1. The first-order valence-electron chi connectivity index (χ1n) is 6.34. The first-order valence-corrected chi connectivity index (χ1v) is 6.34. The maximum atomic E-state index is 12.8. The van der Waals surface area contributed by atoms with Gasteiger partial charge in [-0.15, -0.1) is 0 Å². The molecule has 2 unspecified atom stereocenters. The molecule has 94 valence electrons. The second-order valence-corrected chi connectivity index (χ2v) is 4.80. The maximum Gasteiger partial charge on any atom is 0.123 e. The smallest absolute Gasteiger partial charge is 0.123 e. The lowest BCUT2D eigenvalue weighted by molar-refractivity contribution is 0.0905. The summed E-state index contributed by atoms with van der Waals surface area (Å²) in [5.41, 5.74) is 6.95. The first-order chi connectivity index (χ1) is 8.28. The minimum atomic E-state index is -0.183. The van der Waals surface area contributed by atoms with Gasteiger partial charge < -0.3 is 10.5 Å². The van der Waals surface area contributed by atoms with Gasteiger partial charge in [0, 0.05) is 6.61 Å². The fourth-order valence-electron chi connectivity index (χ4n) is 2.42. The Morgan fingerprint density at radius 3 is 2.71 bits per heavy atom. The molecule has 0 radical (unpaired) electrons. The standard InChI is InChI=1S/C14H20FNO/c15-13-5-3-11(4-6-13)8-12(10-16)9-14-2-1-7-17-14/h3-6,12,14H,1-2,7-10,16H2. The third-order valence-corrected chi connectivity index (χ3v) is 3.39. The summed E-state index contributed by atoms with van der Waals surface area (Å²) >= 11 is 0. The van der Waals surface area contributed by atoms with Crippen LogP contribution in [0.25, 0.3) is 0 Å². The van der Waals surface area contributed by atoms with Crippen LogP contribution in [0.1, 0.15) is 24.8 Å². The van der Waals surface area contributed by atoms with Gasteiger partial charge in [-0.05, 0) is 55.8 Å². The highest BCUT2D eigenvalue weighted by Gasteiger charge is 2.20. The fraction of sp³-hybridized carbons (Fsp3) is 0.571. The molecule has 2 rings (SSSR count). The van der Waals surface area contributed by atoms with E-state index < -0.39 is 0 Å². The minimum absolute atomic E-state index is 0.183. The predicted octanol–water partition coefficient (Wildman–Crippen LogP) is 2.51. The Hall–Kier alpha value is -0.930. The zero-order valence-electron chi connectivity index (χ0n) is 10.1. The normalized spacial score (nSPS) is 21.6. The van der Waals surface area contributed by atoms with E-state index in [4.69, 9.17) is 10.5 Å². The van der Waals surface area contributed by atoms with Crippen LogP contribution in [0, 0.1) is 11.7 Å². The van der Waals surface area contributed by atoms with Crippen LogP contribution < -0.4 is 5.73 Å². The van der Waals surface area contributed by atoms with Gasteiger partial charge in [-0.1, -0.05) is 12.1 Å². The maximum absolute atomic E-state index is 12.8. The Kier molecular flexibility index (Phi) is 4.51. The fourth-order valence-corrected chi connectivity index (χ4v) is 2.42. The van der Waals surface area contributed by atoms with Gasteiger partial charge in [-0.2, -0.15) is 0 Å². The zero-order valence-corrected chi connectivity index (χ0v) is 10.1. The molecule has 2 N–H and O–H groups in total. The van der Waals surface area contributed by atoms with Crippen molar-refractivity contribution >= 4 is 0 Å². The Balaban J connectivity index is 1.87. The SMILES string of the molecule is NCC(Cc1ccc(F)cc1)CC1CCCO1. The summed E-state index contributed by atoms with van der Waals surface area (Å²) in [5, 5.41) is 0. The molecule has 1 aromatic rings. The van der Waals surface area contributed by atoms with Crippen LogP contribution in [-0.4, -0.2) is 19.3 Å². The molecule has 1 heterocycles. The molecule has 1 aliphatic heterocycles. The molecule has 0 bridgehead atoms. The lowest BCUT2D eigenvalue weighted by atomic mass is 9.93. The van der Waals surface area contributed by atoms with Gasteiger partial charge in [0.15, 0.2) is 0 Å². The number of ether oxygens (including phenoxy) is 1. The van der Waals surface area contributed by atoms with Crippen molar-refractivity contribution in [2.24, 2.45) is 11.7 Å². The molecular weight excluding hydrogens is 217 g/mol. The highest BCUT2D eigenvalue weighted by atomic mass is 19.1.